The molecule has 0 bridgehead atoms. The smallest absolute Gasteiger partial charge is 0.279 e. The SMILES string of the molecule is Cc1ccc(CNS(=O)(=O)N(C)CCCO)o1. The quantitative estimate of drug-likeness (QED) is 0.737. The molecule has 0 aliphatic carbocycles. The highest BCUT2D eigenvalue weighted by molar-refractivity contribution is 7.87. The fourth-order valence-corrected chi connectivity index (χ4v) is 2.18. The Bertz CT molecular complexity index is 441. The van der Waals surface area contributed by atoms with Gasteiger partial charge in [-0.15, -0.1) is 0 Å². The highest BCUT2D eigenvalue weighted by Gasteiger charge is 2.16. The first-order valence-electron chi connectivity index (χ1n) is 5.33. The largest absolute Gasteiger partial charge is 0.465 e. The molecule has 0 atom stereocenters. The number of aliphatic hydroxyl groups is 1. The van der Waals surface area contributed by atoms with E-state index >= 15 is 0 Å². The molecule has 0 radical (unpaired) electrons. The molecule has 1 rings (SSSR count). The first kappa shape index (κ1) is 14.2. The second-order valence-corrected chi connectivity index (χ2v) is 5.60. The molecule has 6 nitrogen and oxygen atoms in total. The van der Waals surface area contributed by atoms with Crippen molar-refractivity contribution in [3.8, 4) is 0 Å². The van der Waals surface area contributed by atoms with Crippen molar-refractivity contribution in [2.75, 3.05) is 20.2 Å². The number of hydrogen-bond donors (Lipinski definition) is 2. The molecular weight excluding hydrogens is 244 g/mol. The van der Waals surface area contributed by atoms with Gasteiger partial charge in [0, 0.05) is 20.2 Å². The van der Waals surface area contributed by atoms with E-state index in [4.69, 9.17) is 9.52 Å². The average Bonchev–Trinajstić information content (AvgIpc) is 2.69. The van der Waals surface area contributed by atoms with E-state index in [0.717, 1.165) is 5.76 Å². The highest BCUT2D eigenvalue weighted by Crippen LogP contribution is 2.06. The molecule has 0 unspecified atom stereocenters. The summed E-state index contributed by atoms with van der Waals surface area (Å²) < 4.78 is 32.3. The molecule has 0 aliphatic rings. The van der Waals surface area contributed by atoms with Crippen molar-refractivity contribution >= 4 is 10.2 Å². The molecule has 1 heterocycles. The first-order chi connectivity index (χ1) is 7.95. The summed E-state index contributed by atoms with van der Waals surface area (Å²) in [7, 11) is -2.05. The van der Waals surface area contributed by atoms with Crippen molar-refractivity contribution in [2.45, 2.75) is 19.9 Å². The summed E-state index contributed by atoms with van der Waals surface area (Å²) in [5.41, 5.74) is 0. The van der Waals surface area contributed by atoms with Gasteiger partial charge in [-0.25, -0.2) is 0 Å². The molecule has 0 saturated heterocycles. The van der Waals surface area contributed by atoms with Gasteiger partial charge >= 0.3 is 0 Å². The molecule has 7 heteroatoms. The van der Waals surface area contributed by atoms with Crippen LogP contribution in [0.25, 0.3) is 0 Å². The molecule has 0 aromatic carbocycles. The van der Waals surface area contributed by atoms with E-state index in [0.29, 0.717) is 12.2 Å². The van der Waals surface area contributed by atoms with E-state index in [1.54, 1.807) is 19.1 Å². The Hall–Kier alpha value is -0.890. The summed E-state index contributed by atoms with van der Waals surface area (Å²) in [6.45, 7) is 2.17. The zero-order valence-corrected chi connectivity index (χ0v) is 10.8. The fourth-order valence-electron chi connectivity index (χ4n) is 1.27. The highest BCUT2D eigenvalue weighted by atomic mass is 32.2. The van der Waals surface area contributed by atoms with Crippen LogP contribution in [0.5, 0.6) is 0 Å². The standard InChI is InChI=1S/C10H18N2O4S/c1-9-4-5-10(16-9)8-11-17(14,15)12(2)6-3-7-13/h4-5,11,13H,3,6-8H2,1-2H3. The molecule has 0 spiro atoms. The maximum Gasteiger partial charge on any atom is 0.279 e. The second-order valence-electron chi connectivity index (χ2n) is 3.74. The lowest BCUT2D eigenvalue weighted by molar-refractivity contribution is 0.275. The summed E-state index contributed by atoms with van der Waals surface area (Å²) >= 11 is 0. The lowest BCUT2D eigenvalue weighted by atomic mass is 10.4. The molecule has 0 amide bonds. The van der Waals surface area contributed by atoms with E-state index < -0.39 is 10.2 Å². The van der Waals surface area contributed by atoms with Crippen molar-refractivity contribution < 1.29 is 17.9 Å². The normalized spacial score (nSPS) is 12.2. The topological polar surface area (TPSA) is 82.8 Å². The van der Waals surface area contributed by atoms with Crippen LogP contribution in [0, 0.1) is 6.92 Å². The van der Waals surface area contributed by atoms with Gasteiger partial charge in [-0.1, -0.05) is 0 Å². The molecule has 1 aromatic heterocycles. The van der Waals surface area contributed by atoms with E-state index in [1.807, 2.05) is 0 Å². The van der Waals surface area contributed by atoms with Crippen molar-refractivity contribution in [1.29, 1.82) is 0 Å². The van der Waals surface area contributed by atoms with Crippen LogP contribution in [0.1, 0.15) is 17.9 Å². The number of aliphatic hydroxyl groups excluding tert-OH is 1. The predicted octanol–water partition coefficient (Wildman–Crippen LogP) is 0.237. The van der Waals surface area contributed by atoms with Crippen LogP contribution in [0.4, 0.5) is 0 Å². The number of aryl methyl sites for hydroxylation is 1. The molecule has 0 fully saturated rings. The zero-order chi connectivity index (χ0) is 12.9. The van der Waals surface area contributed by atoms with Crippen molar-refractivity contribution in [3.05, 3.63) is 23.7 Å². The van der Waals surface area contributed by atoms with Crippen molar-refractivity contribution in [3.63, 3.8) is 0 Å². The van der Waals surface area contributed by atoms with Gasteiger partial charge in [-0.05, 0) is 25.5 Å². The number of furan rings is 1. The Balaban J connectivity index is 2.49. The van der Waals surface area contributed by atoms with Gasteiger partial charge in [0.1, 0.15) is 11.5 Å². The maximum atomic E-state index is 11.7. The molecule has 98 valence electrons. The predicted molar refractivity (Wildman–Crippen MR) is 63.5 cm³/mol. The molecule has 17 heavy (non-hydrogen) atoms. The number of hydrogen-bond acceptors (Lipinski definition) is 4. The Morgan fingerprint density at radius 1 is 1.47 bits per heavy atom. The third-order valence-electron chi connectivity index (χ3n) is 2.27. The van der Waals surface area contributed by atoms with Crippen LogP contribution < -0.4 is 4.72 Å². The third kappa shape index (κ3) is 4.47. The minimum absolute atomic E-state index is 0.0305. The molecule has 0 aliphatic heterocycles. The summed E-state index contributed by atoms with van der Waals surface area (Å²) in [6, 6.07) is 3.50. The van der Waals surface area contributed by atoms with Gasteiger partial charge in [0.05, 0.1) is 6.54 Å². The Kier molecular flexibility index (Phi) is 5.13. The van der Waals surface area contributed by atoms with Crippen LogP contribution in [-0.4, -0.2) is 38.0 Å². The summed E-state index contributed by atoms with van der Waals surface area (Å²) in [5, 5.41) is 8.63. The number of rotatable bonds is 7. The van der Waals surface area contributed by atoms with Gasteiger partial charge in [0.2, 0.25) is 0 Å². The minimum Gasteiger partial charge on any atom is -0.465 e. The molecule has 0 saturated carbocycles. The van der Waals surface area contributed by atoms with Crippen molar-refractivity contribution in [1.82, 2.24) is 9.03 Å². The van der Waals surface area contributed by atoms with E-state index in [-0.39, 0.29) is 19.7 Å². The molecule has 1 aromatic rings. The van der Waals surface area contributed by atoms with Crippen LogP contribution in [0.3, 0.4) is 0 Å². The average molecular weight is 262 g/mol. The van der Waals surface area contributed by atoms with Gasteiger partial charge in [-0.2, -0.15) is 17.4 Å². The third-order valence-corrected chi connectivity index (χ3v) is 3.78. The van der Waals surface area contributed by atoms with Crippen LogP contribution >= 0.6 is 0 Å². The summed E-state index contributed by atoms with van der Waals surface area (Å²) in [6.07, 6.45) is 0.414. The van der Waals surface area contributed by atoms with Gasteiger partial charge in [0.25, 0.3) is 10.2 Å². The van der Waals surface area contributed by atoms with Crippen LogP contribution in [0.15, 0.2) is 16.5 Å². The van der Waals surface area contributed by atoms with Gasteiger partial charge < -0.3 is 9.52 Å². The van der Waals surface area contributed by atoms with Crippen LogP contribution in [0.2, 0.25) is 0 Å². The Morgan fingerprint density at radius 2 is 2.18 bits per heavy atom. The minimum atomic E-state index is -3.51. The fraction of sp³-hybridized carbons (Fsp3) is 0.600. The maximum absolute atomic E-state index is 11.7. The molecular formula is C10H18N2O4S. The van der Waals surface area contributed by atoms with E-state index in [2.05, 4.69) is 4.72 Å². The monoisotopic (exact) mass is 262 g/mol. The lowest BCUT2D eigenvalue weighted by Crippen LogP contribution is -2.38. The Morgan fingerprint density at radius 3 is 2.71 bits per heavy atom. The summed E-state index contributed by atoms with van der Waals surface area (Å²) in [5.74, 6) is 1.31. The molecule has 2 N–H and O–H groups in total. The van der Waals surface area contributed by atoms with Gasteiger partial charge in [0.15, 0.2) is 0 Å². The summed E-state index contributed by atoms with van der Waals surface area (Å²) in [4.78, 5) is 0. The lowest BCUT2D eigenvalue weighted by Gasteiger charge is -2.16. The first-order valence-corrected chi connectivity index (χ1v) is 6.77. The number of nitrogens with zero attached hydrogens (tertiary/aromatic N) is 1. The zero-order valence-electron chi connectivity index (χ0n) is 10.0. The van der Waals surface area contributed by atoms with Crippen molar-refractivity contribution in [2.24, 2.45) is 0 Å². The number of nitrogens with one attached hydrogen (secondary N) is 1. The van der Waals surface area contributed by atoms with Crippen LogP contribution in [-0.2, 0) is 16.8 Å². The van der Waals surface area contributed by atoms with E-state index in [9.17, 15) is 8.42 Å². The van der Waals surface area contributed by atoms with E-state index in [1.165, 1.54) is 11.4 Å². The Labute approximate surface area is 101 Å². The van der Waals surface area contributed by atoms with Gasteiger partial charge in [-0.3, -0.25) is 0 Å². The second kappa shape index (κ2) is 6.15.